The Balaban J connectivity index is 1.92. The second-order valence-electron chi connectivity index (χ2n) is 4.35. The molecule has 0 radical (unpaired) electrons. The van der Waals surface area contributed by atoms with Gasteiger partial charge in [0.25, 0.3) is 0 Å². The lowest BCUT2D eigenvalue weighted by molar-refractivity contribution is 0.163. The van der Waals surface area contributed by atoms with Gasteiger partial charge in [-0.05, 0) is 30.5 Å². The first-order valence-electron chi connectivity index (χ1n) is 5.59. The van der Waals surface area contributed by atoms with Crippen molar-refractivity contribution in [3.05, 3.63) is 30.1 Å². The average Bonchev–Trinajstić information content (AvgIpc) is 2.77. The van der Waals surface area contributed by atoms with Crippen molar-refractivity contribution in [1.29, 1.82) is 0 Å². The van der Waals surface area contributed by atoms with E-state index in [4.69, 9.17) is 0 Å². The zero-order chi connectivity index (χ0) is 10.6. The Labute approximate surface area is 90.5 Å². The number of nitrogens with one attached hydrogen (secondary N) is 1. The first-order valence-corrected chi connectivity index (χ1v) is 5.59. The Morgan fingerprint density at radius 2 is 1.93 bits per heavy atom. The quantitative estimate of drug-likeness (QED) is 0.784. The van der Waals surface area contributed by atoms with Crippen LogP contribution in [0.4, 0.5) is 0 Å². The zero-order valence-corrected chi connectivity index (χ0v) is 8.95. The third-order valence-electron chi connectivity index (χ3n) is 3.28. The van der Waals surface area contributed by atoms with Gasteiger partial charge in [-0.1, -0.05) is 12.8 Å². The Morgan fingerprint density at radius 3 is 2.53 bits per heavy atom. The standard InChI is InChI=1S/C12H18N2O/c15-10-12(5-1-2-6-12)14-9-11-3-7-13-8-4-11/h3-4,7-8,14-15H,1-2,5-6,9-10H2. The number of rotatable bonds is 4. The second-order valence-corrected chi connectivity index (χ2v) is 4.35. The third-order valence-corrected chi connectivity index (χ3v) is 3.28. The molecule has 1 fully saturated rings. The summed E-state index contributed by atoms with van der Waals surface area (Å²) < 4.78 is 0. The molecular formula is C12H18N2O. The maximum absolute atomic E-state index is 9.42. The van der Waals surface area contributed by atoms with Crippen LogP contribution in [-0.2, 0) is 6.54 Å². The molecule has 1 aromatic rings. The molecule has 0 saturated heterocycles. The lowest BCUT2D eigenvalue weighted by atomic mass is 9.98. The second kappa shape index (κ2) is 4.73. The highest BCUT2D eigenvalue weighted by Gasteiger charge is 2.32. The summed E-state index contributed by atoms with van der Waals surface area (Å²) in [6.45, 7) is 1.07. The highest BCUT2D eigenvalue weighted by molar-refractivity contribution is 5.10. The summed E-state index contributed by atoms with van der Waals surface area (Å²) in [4.78, 5) is 3.99. The van der Waals surface area contributed by atoms with Gasteiger partial charge < -0.3 is 10.4 Å². The van der Waals surface area contributed by atoms with Gasteiger partial charge in [-0.15, -0.1) is 0 Å². The molecule has 1 aliphatic rings. The molecule has 3 heteroatoms. The molecule has 0 unspecified atom stereocenters. The van der Waals surface area contributed by atoms with E-state index in [9.17, 15) is 5.11 Å². The van der Waals surface area contributed by atoms with Crippen LogP contribution in [0.3, 0.4) is 0 Å². The van der Waals surface area contributed by atoms with E-state index in [0.29, 0.717) is 0 Å². The molecule has 0 atom stereocenters. The molecule has 1 saturated carbocycles. The molecule has 0 spiro atoms. The minimum absolute atomic E-state index is 0.0245. The molecule has 1 aliphatic carbocycles. The van der Waals surface area contributed by atoms with Gasteiger partial charge in [0.1, 0.15) is 0 Å². The van der Waals surface area contributed by atoms with Crippen LogP contribution in [0.25, 0.3) is 0 Å². The fourth-order valence-corrected chi connectivity index (χ4v) is 2.23. The van der Waals surface area contributed by atoms with Crippen molar-refractivity contribution in [3.8, 4) is 0 Å². The van der Waals surface area contributed by atoms with Crippen molar-refractivity contribution in [3.63, 3.8) is 0 Å². The molecule has 1 heterocycles. The first-order chi connectivity index (χ1) is 7.35. The third kappa shape index (κ3) is 2.55. The van der Waals surface area contributed by atoms with Gasteiger partial charge >= 0.3 is 0 Å². The summed E-state index contributed by atoms with van der Waals surface area (Å²) in [7, 11) is 0. The minimum atomic E-state index is -0.0245. The fraction of sp³-hybridized carbons (Fsp3) is 0.583. The molecular weight excluding hydrogens is 188 g/mol. The lowest BCUT2D eigenvalue weighted by Gasteiger charge is -2.28. The van der Waals surface area contributed by atoms with E-state index in [-0.39, 0.29) is 12.1 Å². The number of aliphatic hydroxyl groups excluding tert-OH is 1. The number of hydrogen-bond donors (Lipinski definition) is 2. The Morgan fingerprint density at radius 1 is 1.27 bits per heavy atom. The van der Waals surface area contributed by atoms with Crippen molar-refractivity contribution in [2.24, 2.45) is 0 Å². The van der Waals surface area contributed by atoms with E-state index in [2.05, 4.69) is 10.3 Å². The van der Waals surface area contributed by atoms with Gasteiger partial charge in [0, 0.05) is 24.5 Å². The van der Waals surface area contributed by atoms with Crippen LogP contribution in [0.5, 0.6) is 0 Å². The number of hydrogen-bond acceptors (Lipinski definition) is 3. The summed E-state index contributed by atoms with van der Waals surface area (Å²) in [5, 5.41) is 12.9. The predicted octanol–water partition coefficient (Wildman–Crippen LogP) is 1.48. The van der Waals surface area contributed by atoms with E-state index in [1.54, 1.807) is 12.4 Å². The Bertz CT molecular complexity index is 294. The van der Waals surface area contributed by atoms with Crippen LogP contribution in [0.15, 0.2) is 24.5 Å². The normalized spacial score (nSPS) is 19.3. The van der Waals surface area contributed by atoms with Crippen LogP contribution in [0.1, 0.15) is 31.2 Å². The van der Waals surface area contributed by atoms with Gasteiger partial charge in [0.05, 0.1) is 6.61 Å². The van der Waals surface area contributed by atoms with Gasteiger partial charge in [0.2, 0.25) is 0 Å². The van der Waals surface area contributed by atoms with Gasteiger partial charge in [-0.3, -0.25) is 4.98 Å². The minimum Gasteiger partial charge on any atom is -0.394 e. The molecule has 0 amide bonds. The summed E-state index contributed by atoms with van der Waals surface area (Å²) in [6.07, 6.45) is 8.24. The lowest BCUT2D eigenvalue weighted by Crippen LogP contribution is -2.45. The topological polar surface area (TPSA) is 45.1 Å². The molecule has 2 rings (SSSR count). The van der Waals surface area contributed by atoms with Crippen molar-refractivity contribution in [2.75, 3.05) is 6.61 Å². The maximum Gasteiger partial charge on any atom is 0.0613 e. The predicted molar refractivity (Wildman–Crippen MR) is 59.4 cm³/mol. The molecule has 15 heavy (non-hydrogen) atoms. The van der Waals surface area contributed by atoms with Crippen molar-refractivity contribution < 1.29 is 5.11 Å². The van der Waals surface area contributed by atoms with Gasteiger partial charge in [0.15, 0.2) is 0 Å². The number of aromatic nitrogens is 1. The van der Waals surface area contributed by atoms with Gasteiger partial charge in [-0.25, -0.2) is 0 Å². The highest BCUT2D eigenvalue weighted by atomic mass is 16.3. The smallest absolute Gasteiger partial charge is 0.0613 e. The molecule has 3 nitrogen and oxygen atoms in total. The molecule has 2 N–H and O–H groups in total. The molecule has 0 bridgehead atoms. The monoisotopic (exact) mass is 206 g/mol. The Kier molecular flexibility index (Phi) is 3.34. The Hall–Kier alpha value is -0.930. The van der Waals surface area contributed by atoms with Crippen molar-refractivity contribution >= 4 is 0 Å². The van der Waals surface area contributed by atoms with Crippen molar-refractivity contribution in [2.45, 2.75) is 37.8 Å². The van der Waals surface area contributed by atoms with E-state index in [1.807, 2.05) is 12.1 Å². The van der Waals surface area contributed by atoms with Crippen LogP contribution in [0.2, 0.25) is 0 Å². The SMILES string of the molecule is OCC1(NCc2ccncc2)CCCC1. The largest absolute Gasteiger partial charge is 0.394 e. The van der Waals surface area contributed by atoms with E-state index in [0.717, 1.165) is 19.4 Å². The molecule has 0 aromatic carbocycles. The molecule has 82 valence electrons. The van der Waals surface area contributed by atoms with Crippen LogP contribution < -0.4 is 5.32 Å². The summed E-state index contributed by atoms with van der Waals surface area (Å²) in [6, 6.07) is 4.01. The van der Waals surface area contributed by atoms with Crippen molar-refractivity contribution in [1.82, 2.24) is 10.3 Å². The number of pyridine rings is 1. The number of aliphatic hydroxyl groups is 1. The zero-order valence-electron chi connectivity index (χ0n) is 8.95. The van der Waals surface area contributed by atoms with E-state index < -0.39 is 0 Å². The van der Waals surface area contributed by atoms with Crippen LogP contribution >= 0.6 is 0 Å². The number of nitrogens with zero attached hydrogens (tertiary/aromatic N) is 1. The summed E-state index contributed by atoms with van der Waals surface area (Å²) >= 11 is 0. The van der Waals surface area contributed by atoms with E-state index >= 15 is 0 Å². The highest BCUT2D eigenvalue weighted by Crippen LogP contribution is 2.29. The fourth-order valence-electron chi connectivity index (χ4n) is 2.23. The molecule has 0 aliphatic heterocycles. The average molecular weight is 206 g/mol. The summed E-state index contributed by atoms with van der Waals surface area (Å²) in [5.74, 6) is 0. The van der Waals surface area contributed by atoms with Gasteiger partial charge in [-0.2, -0.15) is 0 Å². The summed E-state index contributed by atoms with van der Waals surface area (Å²) in [5.41, 5.74) is 1.20. The van der Waals surface area contributed by atoms with E-state index in [1.165, 1.54) is 18.4 Å². The van der Waals surface area contributed by atoms with Crippen LogP contribution in [0, 0.1) is 0 Å². The molecule has 1 aromatic heterocycles. The first kappa shape index (κ1) is 10.6. The maximum atomic E-state index is 9.42. The van der Waals surface area contributed by atoms with Crippen LogP contribution in [-0.4, -0.2) is 22.2 Å².